The van der Waals surface area contributed by atoms with Gasteiger partial charge in [0, 0.05) is 26.6 Å². The lowest BCUT2D eigenvalue weighted by molar-refractivity contribution is -0.119. The van der Waals surface area contributed by atoms with Crippen LogP contribution in [0.15, 0.2) is 12.2 Å². The van der Waals surface area contributed by atoms with E-state index in [1.54, 1.807) is 7.11 Å². The average molecular weight is 381 g/mol. The second kappa shape index (κ2) is 23.4. The molecule has 0 fully saturated rings. The van der Waals surface area contributed by atoms with Crippen molar-refractivity contribution in [3.8, 4) is 0 Å². The Labute approximate surface area is 170 Å². The van der Waals surface area contributed by atoms with Gasteiger partial charge in [-0.15, -0.1) is 0 Å². The van der Waals surface area contributed by atoms with E-state index in [9.17, 15) is 4.79 Å². The molecular formula is C25H48O2. The Morgan fingerprint density at radius 3 is 1.59 bits per heavy atom. The third-order valence-electron chi connectivity index (χ3n) is 5.27. The molecular weight excluding hydrogens is 332 g/mol. The van der Waals surface area contributed by atoms with Crippen molar-refractivity contribution in [1.82, 2.24) is 0 Å². The Bertz CT molecular complexity index is 322. The van der Waals surface area contributed by atoms with E-state index < -0.39 is 0 Å². The standard InChI is InChI=1S/C25H48O2/c1-3-4-5-6-7-8-9-10-11-12-13-14-15-16-19-22-25(26)23-20-17-18-21-24-27-2/h10-11H,3-9,12-24H2,1-2H3/b11-10-. The number of Topliss-reactive ketones (excluding diaryl/α,β-unsaturated/α-hetero) is 1. The molecule has 0 N–H and O–H groups in total. The summed E-state index contributed by atoms with van der Waals surface area (Å²) < 4.78 is 5.04. The van der Waals surface area contributed by atoms with Crippen LogP contribution in [-0.2, 0) is 9.53 Å². The lowest BCUT2D eigenvalue weighted by Crippen LogP contribution is -1.98. The summed E-state index contributed by atoms with van der Waals surface area (Å²) in [6.45, 7) is 3.12. The quantitative estimate of drug-likeness (QED) is 0.140. The molecule has 0 amide bonds. The van der Waals surface area contributed by atoms with Gasteiger partial charge in [0.25, 0.3) is 0 Å². The molecule has 0 bridgehead atoms. The van der Waals surface area contributed by atoms with Crippen LogP contribution < -0.4 is 0 Å². The molecule has 0 aromatic heterocycles. The number of hydrogen-bond acceptors (Lipinski definition) is 2. The van der Waals surface area contributed by atoms with E-state index in [1.807, 2.05) is 0 Å². The molecule has 0 aliphatic rings. The van der Waals surface area contributed by atoms with Crippen molar-refractivity contribution >= 4 is 5.78 Å². The first-order valence-corrected chi connectivity index (χ1v) is 12.0. The normalized spacial score (nSPS) is 11.5. The van der Waals surface area contributed by atoms with Gasteiger partial charge in [0.15, 0.2) is 0 Å². The molecule has 27 heavy (non-hydrogen) atoms. The Balaban J connectivity index is 3.19. The summed E-state index contributed by atoms with van der Waals surface area (Å²) in [6, 6.07) is 0. The molecule has 0 heterocycles. The summed E-state index contributed by atoms with van der Waals surface area (Å²) in [6.07, 6.45) is 28.0. The van der Waals surface area contributed by atoms with Crippen molar-refractivity contribution in [3.05, 3.63) is 12.2 Å². The molecule has 2 heteroatoms. The predicted octanol–water partition coefficient (Wildman–Crippen LogP) is 8.19. The molecule has 0 spiro atoms. The second-order valence-electron chi connectivity index (χ2n) is 8.03. The average Bonchev–Trinajstić information content (AvgIpc) is 2.67. The lowest BCUT2D eigenvalue weighted by Gasteiger charge is -2.02. The van der Waals surface area contributed by atoms with Gasteiger partial charge in [-0.2, -0.15) is 0 Å². The highest BCUT2D eigenvalue weighted by Crippen LogP contribution is 2.11. The van der Waals surface area contributed by atoms with Gasteiger partial charge >= 0.3 is 0 Å². The van der Waals surface area contributed by atoms with E-state index in [0.29, 0.717) is 5.78 Å². The van der Waals surface area contributed by atoms with Crippen molar-refractivity contribution in [2.75, 3.05) is 13.7 Å². The number of carbonyl (C=O) groups is 1. The summed E-state index contributed by atoms with van der Waals surface area (Å²) in [5.74, 6) is 0.472. The Kier molecular flexibility index (Phi) is 22.9. The van der Waals surface area contributed by atoms with E-state index in [4.69, 9.17) is 4.74 Å². The van der Waals surface area contributed by atoms with Crippen LogP contribution in [0.5, 0.6) is 0 Å². The van der Waals surface area contributed by atoms with E-state index >= 15 is 0 Å². The van der Waals surface area contributed by atoms with Gasteiger partial charge in [0.05, 0.1) is 0 Å². The molecule has 0 saturated carbocycles. The molecule has 0 aromatic carbocycles. The number of unbranched alkanes of at least 4 members (excludes halogenated alkanes) is 14. The molecule has 0 rings (SSSR count). The first-order chi connectivity index (χ1) is 13.3. The molecule has 0 radical (unpaired) electrons. The number of allylic oxidation sites excluding steroid dienone is 2. The minimum atomic E-state index is 0.472. The van der Waals surface area contributed by atoms with E-state index in [2.05, 4.69) is 19.1 Å². The number of ether oxygens (including phenoxy) is 1. The second-order valence-corrected chi connectivity index (χ2v) is 8.03. The zero-order chi connectivity index (χ0) is 19.8. The topological polar surface area (TPSA) is 26.3 Å². The monoisotopic (exact) mass is 380 g/mol. The van der Waals surface area contributed by atoms with Crippen LogP contribution in [0.1, 0.15) is 129 Å². The van der Waals surface area contributed by atoms with Crippen LogP contribution in [-0.4, -0.2) is 19.5 Å². The van der Waals surface area contributed by atoms with Crippen molar-refractivity contribution < 1.29 is 9.53 Å². The van der Waals surface area contributed by atoms with Crippen LogP contribution in [0, 0.1) is 0 Å². The minimum Gasteiger partial charge on any atom is -0.385 e. The molecule has 0 saturated heterocycles. The predicted molar refractivity (Wildman–Crippen MR) is 119 cm³/mol. The minimum absolute atomic E-state index is 0.472. The van der Waals surface area contributed by atoms with Crippen LogP contribution in [0.25, 0.3) is 0 Å². The molecule has 160 valence electrons. The summed E-state index contributed by atoms with van der Waals surface area (Å²) in [4.78, 5) is 11.8. The first kappa shape index (κ1) is 26.4. The van der Waals surface area contributed by atoms with Crippen molar-refractivity contribution in [2.45, 2.75) is 129 Å². The fourth-order valence-corrected chi connectivity index (χ4v) is 3.44. The Morgan fingerprint density at radius 2 is 1.07 bits per heavy atom. The SMILES string of the molecule is CCCCCCCC/C=C\CCCCCCCC(=O)CCCCCCOC. The molecule has 2 nitrogen and oxygen atoms in total. The maximum Gasteiger partial charge on any atom is 0.132 e. The third kappa shape index (κ3) is 23.3. The van der Waals surface area contributed by atoms with Gasteiger partial charge in [0.1, 0.15) is 5.78 Å². The number of carbonyl (C=O) groups excluding carboxylic acids is 1. The fourth-order valence-electron chi connectivity index (χ4n) is 3.44. The lowest BCUT2D eigenvalue weighted by atomic mass is 10.0. The zero-order valence-electron chi connectivity index (χ0n) is 18.6. The van der Waals surface area contributed by atoms with Gasteiger partial charge < -0.3 is 4.74 Å². The summed E-state index contributed by atoms with van der Waals surface area (Å²) in [5.41, 5.74) is 0. The first-order valence-electron chi connectivity index (χ1n) is 12.0. The number of ketones is 1. The molecule has 0 aliphatic heterocycles. The summed E-state index contributed by atoms with van der Waals surface area (Å²) in [5, 5.41) is 0. The summed E-state index contributed by atoms with van der Waals surface area (Å²) >= 11 is 0. The van der Waals surface area contributed by atoms with E-state index in [0.717, 1.165) is 38.7 Å². The zero-order valence-corrected chi connectivity index (χ0v) is 18.6. The Morgan fingerprint density at radius 1 is 0.630 bits per heavy atom. The van der Waals surface area contributed by atoms with Crippen LogP contribution in [0.4, 0.5) is 0 Å². The highest BCUT2D eigenvalue weighted by molar-refractivity contribution is 5.78. The fraction of sp³-hybridized carbons (Fsp3) is 0.880. The van der Waals surface area contributed by atoms with Gasteiger partial charge in [-0.05, 0) is 44.9 Å². The van der Waals surface area contributed by atoms with Crippen molar-refractivity contribution in [2.24, 2.45) is 0 Å². The smallest absolute Gasteiger partial charge is 0.132 e. The molecule has 0 atom stereocenters. The van der Waals surface area contributed by atoms with Crippen molar-refractivity contribution in [3.63, 3.8) is 0 Å². The highest BCUT2D eigenvalue weighted by Gasteiger charge is 2.01. The maximum atomic E-state index is 11.8. The number of rotatable bonds is 22. The van der Waals surface area contributed by atoms with Gasteiger partial charge in [-0.1, -0.05) is 83.3 Å². The Hall–Kier alpha value is -0.630. The van der Waals surface area contributed by atoms with Gasteiger partial charge in [-0.3, -0.25) is 4.79 Å². The largest absolute Gasteiger partial charge is 0.385 e. The van der Waals surface area contributed by atoms with Gasteiger partial charge in [-0.25, -0.2) is 0 Å². The van der Waals surface area contributed by atoms with Crippen LogP contribution >= 0.6 is 0 Å². The van der Waals surface area contributed by atoms with E-state index in [1.165, 1.54) is 89.9 Å². The molecule has 0 aliphatic carbocycles. The summed E-state index contributed by atoms with van der Waals surface area (Å²) in [7, 11) is 1.75. The van der Waals surface area contributed by atoms with Gasteiger partial charge in [0.2, 0.25) is 0 Å². The van der Waals surface area contributed by atoms with E-state index in [-0.39, 0.29) is 0 Å². The van der Waals surface area contributed by atoms with Crippen LogP contribution in [0.3, 0.4) is 0 Å². The number of methoxy groups -OCH3 is 1. The number of hydrogen-bond donors (Lipinski definition) is 0. The maximum absolute atomic E-state index is 11.8. The van der Waals surface area contributed by atoms with Crippen molar-refractivity contribution in [1.29, 1.82) is 0 Å². The highest BCUT2D eigenvalue weighted by atomic mass is 16.5. The molecule has 0 unspecified atom stereocenters. The third-order valence-corrected chi connectivity index (χ3v) is 5.27. The molecule has 0 aromatic rings. The van der Waals surface area contributed by atoms with Crippen LogP contribution in [0.2, 0.25) is 0 Å².